The van der Waals surface area contributed by atoms with Gasteiger partial charge < -0.3 is 0 Å². The van der Waals surface area contributed by atoms with Gasteiger partial charge in [0.15, 0.2) is 0 Å². The minimum atomic E-state index is -0.0648. The molecular weight excluding hydrogens is 139 g/mol. The maximum absolute atomic E-state index is 13.1. The van der Waals surface area contributed by atoms with Gasteiger partial charge in [-0.2, -0.15) is 0 Å². The molecular formula is C10H13F. The summed E-state index contributed by atoms with van der Waals surface area (Å²) in [5.74, 6) is -0.0648. The molecule has 1 rings (SSSR count). The van der Waals surface area contributed by atoms with Crippen LogP contribution in [-0.4, -0.2) is 0 Å². The number of hydrogen-bond acceptors (Lipinski definition) is 0. The van der Waals surface area contributed by atoms with E-state index in [9.17, 15) is 4.39 Å². The zero-order chi connectivity index (χ0) is 8.43. The van der Waals surface area contributed by atoms with Crippen molar-refractivity contribution < 1.29 is 4.39 Å². The molecule has 0 atom stereocenters. The van der Waals surface area contributed by atoms with Crippen LogP contribution in [0.4, 0.5) is 4.39 Å². The molecule has 0 saturated heterocycles. The Balaban J connectivity index is 3.25. The third kappa shape index (κ3) is 1.59. The van der Waals surface area contributed by atoms with Crippen molar-refractivity contribution in [3.8, 4) is 0 Å². The highest BCUT2D eigenvalue weighted by atomic mass is 19.1. The second kappa shape index (κ2) is 3.04. The molecule has 0 aromatic heterocycles. The molecule has 1 heteroatoms. The van der Waals surface area contributed by atoms with E-state index in [1.807, 2.05) is 26.8 Å². The Bertz CT molecular complexity index is 241. The second-order valence-corrected chi connectivity index (χ2v) is 2.90. The molecule has 0 aliphatic carbocycles. The van der Waals surface area contributed by atoms with Crippen molar-refractivity contribution >= 4 is 0 Å². The Hall–Kier alpha value is -0.850. The zero-order valence-electron chi connectivity index (χ0n) is 7.24. The van der Waals surface area contributed by atoms with Crippen LogP contribution in [0.5, 0.6) is 0 Å². The van der Waals surface area contributed by atoms with Gasteiger partial charge in [0.1, 0.15) is 5.82 Å². The third-order valence-electron chi connectivity index (χ3n) is 1.92. The first kappa shape index (κ1) is 8.25. The van der Waals surface area contributed by atoms with E-state index in [-0.39, 0.29) is 5.82 Å². The maximum atomic E-state index is 13.1. The molecule has 11 heavy (non-hydrogen) atoms. The van der Waals surface area contributed by atoms with Gasteiger partial charge >= 0.3 is 0 Å². The lowest BCUT2D eigenvalue weighted by molar-refractivity contribution is 0.609. The van der Waals surface area contributed by atoms with Crippen LogP contribution < -0.4 is 0 Å². The van der Waals surface area contributed by atoms with Gasteiger partial charge in [-0.15, -0.1) is 0 Å². The first-order chi connectivity index (χ1) is 5.15. The van der Waals surface area contributed by atoms with Crippen LogP contribution in [0.2, 0.25) is 0 Å². The van der Waals surface area contributed by atoms with Gasteiger partial charge in [0.25, 0.3) is 0 Å². The van der Waals surface area contributed by atoms with Crippen molar-refractivity contribution in [2.45, 2.75) is 27.2 Å². The van der Waals surface area contributed by atoms with Crippen LogP contribution >= 0.6 is 0 Å². The summed E-state index contributed by atoms with van der Waals surface area (Å²) in [6, 6.07) is 3.60. The molecule has 0 aliphatic heterocycles. The number of halogens is 1. The Morgan fingerprint density at radius 2 is 1.91 bits per heavy atom. The molecule has 0 heterocycles. The predicted octanol–water partition coefficient (Wildman–Crippen LogP) is 3.00. The number of benzene rings is 1. The van der Waals surface area contributed by atoms with Gasteiger partial charge in [-0.25, -0.2) is 4.39 Å². The smallest absolute Gasteiger partial charge is 0.126 e. The maximum Gasteiger partial charge on any atom is 0.126 e. The van der Waals surface area contributed by atoms with Gasteiger partial charge in [0.05, 0.1) is 0 Å². The average molecular weight is 152 g/mol. The fraction of sp³-hybridized carbons (Fsp3) is 0.400. The summed E-state index contributed by atoms with van der Waals surface area (Å²) in [6.45, 7) is 5.84. The van der Waals surface area contributed by atoms with E-state index < -0.39 is 0 Å². The second-order valence-electron chi connectivity index (χ2n) is 2.90. The topological polar surface area (TPSA) is 0 Å². The van der Waals surface area contributed by atoms with Crippen molar-refractivity contribution in [2.75, 3.05) is 0 Å². The summed E-state index contributed by atoms with van der Waals surface area (Å²) in [5, 5.41) is 0. The Morgan fingerprint density at radius 3 is 2.36 bits per heavy atom. The van der Waals surface area contributed by atoms with Crippen molar-refractivity contribution in [3.05, 3.63) is 34.6 Å². The standard InChI is InChI=1S/C10H13F/c1-4-9-8(3)5-7(2)6-10(9)11/h5-6H,4H2,1-3H3. The summed E-state index contributed by atoms with van der Waals surface area (Å²) in [7, 11) is 0. The van der Waals surface area contributed by atoms with E-state index >= 15 is 0 Å². The van der Waals surface area contributed by atoms with Gasteiger partial charge in [0.2, 0.25) is 0 Å². The van der Waals surface area contributed by atoms with Crippen LogP contribution in [-0.2, 0) is 6.42 Å². The quantitative estimate of drug-likeness (QED) is 0.580. The summed E-state index contributed by atoms with van der Waals surface area (Å²) in [6.07, 6.45) is 0.776. The fourth-order valence-electron chi connectivity index (χ4n) is 1.39. The highest BCUT2D eigenvalue weighted by Gasteiger charge is 2.03. The summed E-state index contributed by atoms with van der Waals surface area (Å²) in [4.78, 5) is 0. The first-order valence-electron chi connectivity index (χ1n) is 3.90. The zero-order valence-corrected chi connectivity index (χ0v) is 7.24. The van der Waals surface area contributed by atoms with Crippen LogP contribution in [0.1, 0.15) is 23.6 Å². The van der Waals surface area contributed by atoms with E-state index in [0.717, 1.165) is 23.1 Å². The average Bonchev–Trinajstić information content (AvgIpc) is 1.85. The van der Waals surface area contributed by atoms with Crippen LogP contribution in [0.25, 0.3) is 0 Å². The van der Waals surface area contributed by atoms with E-state index in [0.29, 0.717) is 0 Å². The van der Waals surface area contributed by atoms with Gasteiger partial charge in [0, 0.05) is 0 Å². The molecule has 0 radical (unpaired) electrons. The lowest BCUT2D eigenvalue weighted by atomic mass is 10.0. The van der Waals surface area contributed by atoms with Crippen LogP contribution in [0, 0.1) is 19.7 Å². The van der Waals surface area contributed by atoms with Crippen molar-refractivity contribution in [1.82, 2.24) is 0 Å². The monoisotopic (exact) mass is 152 g/mol. The van der Waals surface area contributed by atoms with E-state index in [2.05, 4.69) is 0 Å². The van der Waals surface area contributed by atoms with Crippen LogP contribution in [0.3, 0.4) is 0 Å². The van der Waals surface area contributed by atoms with Gasteiger partial charge in [-0.05, 0) is 43.0 Å². The predicted molar refractivity (Wildman–Crippen MR) is 45.3 cm³/mol. The molecule has 0 unspecified atom stereocenters. The van der Waals surface area contributed by atoms with Crippen molar-refractivity contribution in [3.63, 3.8) is 0 Å². The number of rotatable bonds is 1. The van der Waals surface area contributed by atoms with Crippen LogP contribution in [0.15, 0.2) is 12.1 Å². The van der Waals surface area contributed by atoms with Gasteiger partial charge in [-0.1, -0.05) is 13.0 Å². The van der Waals surface area contributed by atoms with E-state index in [4.69, 9.17) is 0 Å². The summed E-state index contributed by atoms with van der Waals surface area (Å²) >= 11 is 0. The minimum absolute atomic E-state index is 0.0648. The highest BCUT2D eigenvalue weighted by Crippen LogP contribution is 2.15. The minimum Gasteiger partial charge on any atom is -0.207 e. The Morgan fingerprint density at radius 1 is 1.27 bits per heavy atom. The molecule has 0 bridgehead atoms. The summed E-state index contributed by atoms with van der Waals surface area (Å²) in [5.41, 5.74) is 2.90. The molecule has 0 N–H and O–H groups in total. The molecule has 0 spiro atoms. The molecule has 0 saturated carbocycles. The lowest BCUT2D eigenvalue weighted by Crippen LogP contribution is -1.93. The molecule has 1 aromatic rings. The van der Waals surface area contributed by atoms with E-state index in [1.165, 1.54) is 0 Å². The van der Waals surface area contributed by atoms with E-state index in [1.54, 1.807) is 6.07 Å². The third-order valence-corrected chi connectivity index (χ3v) is 1.92. The van der Waals surface area contributed by atoms with Crippen molar-refractivity contribution in [1.29, 1.82) is 0 Å². The molecule has 1 aromatic carbocycles. The molecule has 0 aliphatic rings. The molecule has 0 fully saturated rings. The molecule has 60 valence electrons. The largest absolute Gasteiger partial charge is 0.207 e. The summed E-state index contributed by atoms with van der Waals surface area (Å²) < 4.78 is 13.1. The Kier molecular flexibility index (Phi) is 2.28. The first-order valence-corrected chi connectivity index (χ1v) is 3.90. The number of aryl methyl sites for hydroxylation is 2. The fourth-order valence-corrected chi connectivity index (χ4v) is 1.39. The highest BCUT2D eigenvalue weighted by molar-refractivity contribution is 5.31. The van der Waals surface area contributed by atoms with Gasteiger partial charge in [-0.3, -0.25) is 0 Å². The Labute approximate surface area is 67.1 Å². The normalized spacial score (nSPS) is 10.2. The SMILES string of the molecule is CCc1c(C)cc(C)cc1F. The molecule has 0 amide bonds. The van der Waals surface area contributed by atoms with Crippen molar-refractivity contribution in [2.24, 2.45) is 0 Å². The number of hydrogen-bond donors (Lipinski definition) is 0. The lowest BCUT2D eigenvalue weighted by Gasteiger charge is -2.05. The molecule has 0 nitrogen and oxygen atoms in total.